The Balaban J connectivity index is 1.57. The highest BCUT2D eigenvalue weighted by Crippen LogP contribution is 2.35. The Morgan fingerprint density at radius 1 is 1.27 bits per heavy atom. The van der Waals surface area contributed by atoms with Crippen LogP contribution in [0.15, 0.2) is 30.5 Å². The Hall–Kier alpha value is -3.12. The Kier molecular flexibility index (Phi) is 6.30. The molecule has 176 valence electrons. The molecule has 0 bridgehead atoms. The molecule has 1 fully saturated rings. The highest BCUT2D eigenvalue weighted by molar-refractivity contribution is 7.19. The van der Waals surface area contributed by atoms with Gasteiger partial charge in [0.25, 0.3) is 5.91 Å². The van der Waals surface area contributed by atoms with Crippen molar-refractivity contribution in [2.45, 2.75) is 31.5 Å². The maximum absolute atomic E-state index is 13.1. The molecule has 5 N–H and O–H groups in total. The number of nitrogens with two attached hydrogens (primary N) is 2. The van der Waals surface area contributed by atoms with E-state index in [1.807, 2.05) is 0 Å². The number of nitrogen functional groups attached to an aromatic ring is 1. The van der Waals surface area contributed by atoms with E-state index in [1.54, 1.807) is 17.9 Å². The van der Waals surface area contributed by atoms with Gasteiger partial charge in [-0.2, -0.15) is 18.3 Å². The third-order valence-electron chi connectivity index (χ3n) is 5.53. The number of aromatic nitrogens is 3. The predicted octanol–water partition coefficient (Wildman–Crippen LogP) is 3.71. The Bertz CT molecular complexity index is 1160. The van der Waals surface area contributed by atoms with E-state index in [0.717, 1.165) is 61.6 Å². The average Bonchev–Trinajstić information content (AvgIpc) is 3.25. The third-order valence-corrected chi connectivity index (χ3v) is 6.47. The van der Waals surface area contributed by atoms with Crippen molar-refractivity contribution < 1.29 is 18.0 Å². The van der Waals surface area contributed by atoms with Crippen molar-refractivity contribution >= 4 is 33.8 Å². The van der Waals surface area contributed by atoms with Gasteiger partial charge in [-0.3, -0.25) is 9.48 Å². The summed E-state index contributed by atoms with van der Waals surface area (Å²) >= 11 is 0.959. The van der Waals surface area contributed by atoms with Gasteiger partial charge < -0.3 is 21.7 Å². The van der Waals surface area contributed by atoms with Gasteiger partial charge in [-0.05, 0) is 31.4 Å². The first-order valence-corrected chi connectivity index (χ1v) is 11.2. The van der Waals surface area contributed by atoms with Crippen molar-refractivity contribution in [3.05, 3.63) is 41.7 Å². The SMILES string of the molecule is Cn1ncc(NC(=O)c2nc(-c3cccc(C(F)(F)F)c3)sc2N)c1N1CCCC(N)CC1. The molecule has 4 rings (SSSR count). The lowest BCUT2D eigenvalue weighted by atomic mass is 10.1. The van der Waals surface area contributed by atoms with Crippen LogP contribution in [0.4, 0.5) is 29.7 Å². The van der Waals surface area contributed by atoms with Crippen LogP contribution in [-0.2, 0) is 13.2 Å². The van der Waals surface area contributed by atoms with Crippen LogP contribution in [0.5, 0.6) is 0 Å². The van der Waals surface area contributed by atoms with E-state index in [9.17, 15) is 18.0 Å². The first-order valence-electron chi connectivity index (χ1n) is 10.4. The van der Waals surface area contributed by atoms with E-state index in [4.69, 9.17) is 11.5 Å². The van der Waals surface area contributed by atoms with Crippen LogP contribution in [0.25, 0.3) is 10.6 Å². The summed E-state index contributed by atoms with van der Waals surface area (Å²) in [5.41, 5.74) is 12.0. The van der Waals surface area contributed by atoms with E-state index in [2.05, 4.69) is 20.3 Å². The molecule has 3 heterocycles. The molecule has 1 aliphatic heterocycles. The first kappa shape index (κ1) is 23.1. The monoisotopic (exact) mass is 479 g/mol. The van der Waals surface area contributed by atoms with E-state index in [0.29, 0.717) is 5.69 Å². The zero-order valence-electron chi connectivity index (χ0n) is 17.9. The lowest BCUT2D eigenvalue weighted by Gasteiger charge is -2.24. The number of alkyl halides is 3. The van der Waals surface area contributed by atoms with E-state index < -0.39 is 17.6 Å². The first-order chi connectivity index (χ1) is 15.6. The largest absolute Gasteiger partial charge is 0.416 e. The number of carbonyl (C=O) groups is 1. The summed E-state index contributed by atoms with van der Waals surface area (Å²) in [6.45, 7) is 1.52. The number of halogens is 3. The fourth-order valence-electron chi connectivity index (χ4n) is 3.86. The molecular formula is C21H24F3N7OS. The molecule has 1 saturated heterocycles. The van der Waals surface area contributed by atoms with Gasteiger partial charge in [0, 0.05) is 31.7 Å². The molecule has 0 spiro atoms. The van der Waals surface area contributed by atoms with Gasteiger partial charge in [0.1, 0.15) is 15.7 Å². The van der Waals surface area contributed by atoms with Crippen molar-refractivity contribution in [2.75, 3.05) is 29.0 Å². The van der Waals surface area contributed by atoms with Gasteiger partial charge in [-0.1, -0.05) is 23.5 Å². The second kappa shape index (κ2) is 9.02. The molecule has 0 aliphatic carbocycles. The highest BCUT2D eigenvalue weighted by Gasteiger charge is 2.31. The number of aryl methyl sites for hydroxylation is 1. The molecule has 0 saturated carbocycles. The summed E-state index contributed by atoms with van der Waals surface area (Å²) in [6, 6.07) is 4.91. The summed E-state index contributed by atoms with van der Waals surface area (Å²) in [5, 5.41) is 7.43. The Morgan fingerprint density at radius 2 is 2.06 bits per heavy atom. The van der Waals surface area contributed by atoms with Crippen LogP contribution >= 0.6 is 11.3 Å². The van der Waals surface area contributed by atoms with Gasteiger partial charge in [0.2, 0.25) is 0 Å². The molecule has 8 nitrogen and oxygen atoms in total. The zero-order chi connectivity index (χ0) is 23.8. The Morgan fingerprint density at radius 3 is 2.82 bits per heavy atom. The number of nitrogens with one attached hydrogen (secondary N) is 1. The Labute approximate surface area is 192 Å². The topological polar surface area (TPSA) is 115 Å². The summed E-state index contributed by atoms with van der Waals surface area (Å²) in [7, 11) is 1.79. The normalized spacial score (nSPS) is 17.1. The minimum Gasteiger partial charge on any atom is -0.389 e. The quantitative estimate of drug-likeness (QED) is 0.526. The number of benzene rings is 1. The standard InChI is InChI=1S/C21H24F3N7OS/c1-30-20(31-8-3-6-14(25)7-9-31)15(11-27-30)28-18(32)16-17(26)33-19(29-16)12-4-2-5-13(10-12)21(22,23)24/h2,4-5,10-11,14H,3,6-9,25-26H2,1H3,(H,28,32). The van der Waals surface area contributed by atoms with Crippen LogP contribution in [0.1, 0.15) is 35.3 Å². The maximum Gasteiger partial charge on any atom is 0.416 e. The predicted molar refractivity (Wildman–Crippen MR) is 122 cm³/mol. The van der Waals surface area contributed by atoms with E-state index >= 15 is 0 Å². The summed E-state index contributed by atoms with van der Waals surface area (Å²) in [4.78, 5) is 19.3. The van der Waals surface area contributed by atoms with Crippen LogP contribution in [0, 0.1) is 0 Å². The number of hydrogen-bond donors (Lipinski definition) is 3. The third kappa shape index (κ3) is 4.96. The van der Waals surface area contributed by atoms with Crippen LogP contribution in [0.2, 0.25) is 0 Å². The lowest BCUT2D eigenvalue weighted by Crippen LogP contribution is -2.29. The molecule has 1 atom stereocenters. The molecule has 2 aromatic heterocycles. The van der Waals surface area contributed by atoms with Crippen LogP contribution in [-0.4, -0.2) is 39.8 Å². The van der Waals surface area contributed by atoms with E-state index in [-0.39, 0.29) is 27.3 Å². The van der Waals surface area contributed by atoms with Crippen molar-refractivity contribution in [3.63, 3.8) is 0 Å². The molecule has 12 heteroatoms. The molecular weight excluding hydrogens is 455 g/mol. The number of thiazole rings is 1. The van der Waals surface area contributed by atoms with Gasteiger partial charge >= 0.3 is 6.18 Å². The lowest BCUT2D eigenvalue weighted by molar-refractivity contribution is -0.137. The number of anilines is 3. The summed E-state index contributed by atoms with van der Waals surface area (Å²) in [6.07, 6.45) is -0.234. The number of hydrogen-bond acceptors (Lipinski definition) is 7. The molecule has 1 aliphatic rings. The summed E-state index contributed by atoms with van der Waals surface area (Å²) in [5.74, 6) is 0.201. The van der Waals surface area contributed by atoms with Crippen LogP contribution in [0.3, 0.4) is 0 Å². The molecule has 0 radical (unpaired) electrons. The van der Waals surface area contributed by atoms with E-state index in [1.165, 1.54) is 12.1 Å². The maximum atomic E-state index is 13.1. The number of amides is 1. The fraction of sp³-hybridized carbons (Fsp3) is 0.381. The average molecular weight is 480 g/mol. The van der Waals surface area contributed by atoms with Crippen molar-refractivity contribution in [2.24, 2.45) is 12.8 Å². The smallest absolute Gasteiger partial charge is 0.389 e. The van der Waals surface area contributed by atoms with Crippen molar-refractivity contribution in [1.29, 1.82) is 0 Å². The molecule has 3 aromatic rings. The molecule has 33 heavy (non-hydrogen) atoms. The number of nitrogens with zero attached hydrogens (tertiary/aromatic N) is 4. The van der Waals surface area contributed by atoms with Gasteiger partial charge in [-0.15, -0.1) is 0 Å². The van der Waals surface area contributed by atoms with Crippen molar-refractivity contribution in [1.82, 2.24) is 14.8 Å². The zero-order valence-corrected chi connectivity index (χ0v) is 18.7. The minimum atomic E-state index is -4.48. The number of carbonyl (C=O) groups excluding carboxylic acids is 1. The van der Waals surface area contributed by atoms with Gasteiger partial charge in [-0.25, -0.2) is 4.98 Å². The molecule has 1 aromatic carbocycles. The van der Waals surface area contributed by atoms with Crippen LogP contribution < -0.4 is 21.7 Å². The second-order valence-electron chi connectivity index (χ2n) is 7.95. The minimum absolute atomic E-state index is 0.0416. The van der Waals surface area contributed by atoms with Crippen molar-refractivity contribution in [3.8, 4) is 10.6 Å². The molecule has 1 amide bonds. The fourth-order valence-corrected chi connectivity index (χ4v) is 4.68. The molecule has 1 unspecified atom stereocenters. The number of rotatable bonds is 4. The second-order valence-corrected chi connectivity index (χ2v) is 8.98. The van der Waals surface area contributed by atoms with Gasteiger partial charge in [0.05, 0.1) is 11.8 Å². The van der Waals surface area contributed by atoms with Gasteiger partial charge in [0.15, 0.2) is 11.5 Å². The summed E-state index contributed by atoms with van der Waals surface area (Å²) < 4.78 is 40.8. The highest BCUT2D eigenvalue weighted by atomic mass is 32.1.